The van der Waals surface area contributed by atoms with Crippen LogP contribution >= 0.6 is 0 Å². The molecule has 6 nitrogen and oxygen atoms in total. The Labute approximate surface area is 113 Å². The molecule has 2 rings (SSSR count). The maximum absolute atomic E-state index is 12.3. The van der Waals surface area contributed by atoms with Crippen molar-refractivity contribution in [2.45, 2.75) is 39.2 Å². The van der Waals surface area contributed by atoms with Gasteiger partial charge in [-0.25, -0.2) is 0 Å². The molecule has 0 saturated carbocycles. The molecule has 1 atom stereocenters. The predicted octanol–water partition coefficient (Wildman–Crippen LogP) is 0.564. The molecule has 2 N–H and O–H groups in total. The molecule has 6 heteroatoms. The van der Waals surface area contributed by atoms with Crippen LogP contribution in [-0.4, -0.2) is 40.5 Å². The minimum Gasteiger partial charge on any atom is -0.356 e. The fraction of sp³-hybridized carbons (Fsp3) is 0.769. The fourth-order valence-corrected chi connectivity index (χ4v) is 2.73. The Morgan fingerprint density at radius 2 is 2.47 bits per heavy atom. The van der Waals surface area contributed by atoms with E-state index in [0.717, 1.165) is 45.3 Å². The molecule has 1 saturated heterocycles. The van der Waals surface area contributed by atoms with Crippen LogP contribution in [0.1, 0.15) is 32.6 Å². The van der Waals surface area contributed by atoms with Crippen LogP contribution < -0.4 is 10.6 Å². The highest BCUT2D eigenvalue weighted by Gasteiger charge is 2.39. The van der Waals surface area contributed by atoms with Crippen LogP contribution in [0.25, 0.3) is 0 Å². The van der Waals surface area contributed by atoms with Gasteiger partial charge in [-0.1, -0.05) is 18.6 Å². The van der Waals surface area contributed by atoms with Gasteiger partial charge < -0.3 is 10.6 Å². The zero-order valence-electron chi connectivity index (χ0n) is 11.6. The van der Waals surface area contributed by atoms with E-state index in [1.807, 2.05) is 6.20 Å². The lowest BCUT2D eigenvalue weighted by Gasteiger charge is -2.26. The molecule has 0 aliphatic carbocycles. The average molecular weight is 265 g/mol. The van der Waals surface area contributed by atoms with E-state index in [2.05, 4.69) is 27.9 Å². The first-order valence-corrected chi connectivity index (χ1v) is 7.10. The first-order valence-electron chi connectivity index (χ1n) is 7.10. The summed E-state index contributed by atoms with van der Waals surface area (Å²) in [5, 5.41) is 14.0. The molecular formula is C13H23N5O. The van der Waals surface area contributed by atoms with Crippen molar-refractivity contribution >= 4 is 5.91 Å². The Bertz CT molecular complexity index is 384. The van der Waals surface area contributed by atoms with Crippen molar-refractivity contribution in [1.82, 2.24) is 25.6 Å². The molecule has 106 valence electrons. The van der Waals surface area contributed by atoms with Gasteiger partial charge >= 0.3 is 0 Å². The molecule has 0 aromatic carbocycles. The summed E-state index contributed by atoms with van der Waals surface area (Å²) >= 11 is 0. The molecule has 1 aromatic heterocycles. The minimum atomic E-state index is -0.179. The number of amides is 1. The van der Waals surface area contributed by atoms with Crippen molar-refractivity contribution < 1.29 is 4.79 Å². The van der Waals surface area contributed by atoms with Crippen molar-refractivity contribution in [3.8, 4) is 0 Å². The van der Waals surface area contributed by atoms with Gasteiger partial charge in [-0.2, -0.15) is 0 Å². The van der Waals surface area contributed by atoms with Gasteiger partial charge in [-0.3, -0.25) is 9.48 Å². The Morgan fingerprint density at radius 3 is 3.11 bits per heavy atom. The monoisotopic (exact) mass is 265 g/mol. The molecule has 1 aliphatic rings. The van der Waals surface area contributed by atoms with Gasteiger partial charge in [0.05, 0.1) is 11.6 Å². The van der Waals surface area contributed by atoms with E-state index in [0.29, 0.717) is 6.54 Å². The molecule has 1 amide bonds. The summed E-state index contributed by atoms with van der Waals surface area (Å²) in [6.07, 6.45) is 7.35. The normalized spacial score (nSPS) is 22.6. The summed E-state index contributed by atoms with van der Waals surface area (Å²) in [6, 6.07) is 0. The number of hydrogen-bond donors (Lipinski definition) is 2. The van der Waals surface area contributed by atoms with Gasteiger partial charge in [0.1, 0.15) is 0 Å². The Hall–Kier alpha value is -1.43. The summed E-state index contributed by atoms with van der Waals surface area (Å²) in [7, 11) is 0. The highest BCUT2D eigenvalue weighted by Crippen LogP contribution is 2.31. The maximum atomic E-state index is 12.3. The quantitative estimate of drug-likeness (QED) is 0.707. The molecule has 0 radical (unpaired) electrons. The maximum Gasteiger partial charge on any atom is 0.227 e. The summed E-state index contributed by atoms with van der Waals surface area (Å²) in [5.74, 6) is 0.206. The molecular weight excluding hydrogens is 242 g/mol. The fourth-order valence-electron chi connectivity index (χ4n) is 2.73. The second-order valence-corrected chi connectivity index (χ2v) is 5.23. The zero-order chi connectivity index (χ0) is 13.6. The van der Waals surface area contributed by atoms with E-state index >= 15 is 0 Å². The molecule has 19 heavy (non-hydrogen) atoms. The zero-order valence-corrected chi connectivity index (χ0v) is 11.6. The lowest BCUT2D eigenvalue weighted by atomic mass is 9.81. The average Bonchev–Trinajstić information content (AvgIpc) is 3.06. The molecule has 2 heterocycles. The van der Waals surface area contributed by atoms with E-state index in [9.17, 15) is 4.79 Å². The van der Waals surface area contributed by atoms with Crippen LogP contribution in [-0.2, 0) is 11.3 Å². The van der Waals surface area contributed by atoms with Crippen molar-refractivity contribution in [3.63, 3.8) is 0 Å². The number of aromatic nitrogens is 3. The Balaban J connectivity index is 1.73. The van der Waals surface area contributed by atoms with Crippen LogP contribution in [0, 0.1) is 5.41 Å². The molecule has 0 bridgehead atoms. The Morgan fingerprint density at radius 1 is 1.58 bits per heavy atom. The number of carbonyl (C=O) groups is 1. The second-order valence-electron chi connectivity index (χ2n) is 5.23. The number of aryl methyl sites for hydroxylation is 1. The number of rotatable bonds is 7. The molecule has 1 fully saturated rings. The van der Waals surface area contributed by atoms with E-state index < -0.39 is 0 Å². The van der Waals surface area contributed by atoms with Gasteiger partial charge in [-0.05, 0) is 25.8 Å². The number of carbonyl (C=O) groups excluding carboxylic acids is 1. The van der Waals surface area contributed by atoms with E-state index in [4.69, 9.17) is 0 Å². The second kappa shape index (κ2) is 6.65. The lowest BCUT2D eigenvalue weighted by molar-refractivity contribution is -0.130. The van der Waals surface area contributed by atoms with Crippen LogP contribution in [0.5, 0.6) is 0 Å². The third-order valence-electron chi connectivity index (χ3n) is 3.78. The van der Waals surface area contributed by atoms with Gasteiger partial charge in [0, 0.05) is 25.8 Å². The third-order valence-corrected chi connectivity index (χ3v) is 3.78. The first kappa shape index (κ1) is 14.0. The van der Waals surface area contributed by atoms with Crippen LogP contribution in [0.15, 0.2) is 12.4 Å². The predicted molar refractivity (Wildman–Crippen MR) is 72.5 cm³/mol. The summed E-state index contributed by atoms with van der Waals surface area (Å²) in [6.45, 7) is 5.39. The van der Waals surface area contributed by atoms with Crippen molar-refractivity contribution in [2.75, 3.05) is 19.6 Å². The number of nitrogens with zero attached hydrogens (tertiary/aromatic N) is 3. The van der Waals surface area contributed by atoms with Gasteiger partial charge in [0.25, 0.3) is 0 Å². The van der Waals surface area contributed by atoms with Crippen LogP contribution in [0.3, 0.4) is 0 Å². The van der Waals surface area contributed by atoms with E-state index in [1.54, 1.807) is 10.9 Å². The third kappa shape index (κ3) is 3.53. The molecule has 1 unspecified atom stereocenters. The summed E-state index contributed by atoms with van der Waals surface area (Å²) in [4.78, 5) is 12.3. The lowest BCUT2D eigenvalue weighted by Crippen LogP contribution is -2.43. The van der Waals surface area contributed by atoms with Crippen molar-refractivity contribution in [1.29, 1.82) is 0 Å². The largest absolute Gasteiger partial charge is 0.356 e. The topological polar surface area (TPSA) is 71.8 Å². The number of hydrogen-bond acceptors (Lipinski definition) is 4. The van der Waals surface area contributed by atoms with Gasteiger partial charge in [0.2, 0.25) is 5.91 Å². The van der Waals surface area contributed by atoms with Crippen molar-refractivity contribution in [2.24, 2.45) is 5.41 Å². The Kier molecular flexibility index (Phi) is 4.90. The highest BCUT2D eigenvalue weighted by atomic mass is 16.2. The van der Waals surface area contributed by atoms with Crippen LogP contribution in [0.2, 0.25) is 0 Å². The molecule has 1 aromatic rings. The smallest absolute Gasteiger partial charge is 0.227 e. The van der Waals surface area contributed by atoms with Gasteiger partial charge in [-0.15, -0.1) is 5.10 Å². The molecule has 1 aliphatic heterocycles. The summed E-state index contributed by atoms with van der Waals surface area (Å²) < 4.78 is 1.78. The highest BCUT2D eigenvalue weighted by molar-refractivity contribution is 5.83. The van der Waals surface area contributed by atoms with Crippen LogP contribution in [0.4, 0.5) is 0 Å². The molecule has 0 spiro atoms. The van der Waals surface area contributed by atoms with Gasteiger partial charge in [0.15, 0.2) is 0 Å². The standard InChI is InChI=1S/C13H23N5O/c1-2-4-13(5-7-14-11-13)12(19)15-6-3-9-18-10-8-16-17-18/h8,10,14H,2-7,9,11H2,1H3,(H,15,19). The van der Waals surface area contributed by atoms with Crippen molar-refractivity contribution in [3.05, 3.63) is 12.4 Å². The SMILES string of the molecule is CCCC1(C(=O)NCCCn2ccnn2)CCNC1. The van der Waals surface area contributed by atoms with E-state index in [1.165, 1.54) is 0 Å². The number of nitrogens with one attached hydrogen (secondary N) is 2. The minimum absolute atomic E-state index is 0.179. The van der Waals surface area contributed by atoms with E-state index in [-0.39, 0.29) is 11.3 Å². The summed E-state index contributed by atoms with van der Waals surface area (Å²) in [5.41, 5.74) is -0.179. The first-order chi connectivity index (χ1) is 9.27.